The van der Waals surface area contributed by atoms with Gasteiger partial charge in [0, 0.05) is 19.0 Å². The second kappa shape index (κ2) is 8.15. The Labute approximate surface area is 116 Å². The molecule has 110 valence electrons. The van der Waals surface area contributed by atoms with E-state index in [0.29, 0.717) is 13.0 Å². The molecule has 1 rings (SSSR count). The number of nitrogens with one attached hydrogen (secondary N) is 2. The summed E-state index contributed by atoms with van der Waals surface area (Å²) in [7, 11) is 0. The zero-order valence-electron chi connectivity index (χ0n) is 12.4. The van der Waals surface area contributed by atoms with Crippen LogP contribution in [0.4, 0.5) is 0 Å². The summed E-state index contributed by atoms with van der Waals surface area (Å²) < 4.78 is 0. The van der Waals surface area contributed by atoms with E-state index in [-0.39, 0.29) is 23.8 Å². The average molecular weight is 269 g/mol. The number of hydrogen-bond acceptors (Lipinski definition) is 3. The SMILES string of the molecule is CCN(CC)CCCC(C)NC(=O)C1CNC(=O)C1. The quantitative estimate of drug-likeness (QED) is 0.683. The van der Waals surface area contributed by atoms with Crippen LogP contribution in [0.5, 0.6) is 0 Å². The fourth-order valence-electron chi connectivity index (χ4n) is 2.38. The van der Waals surface area contributed by atoms with E-state index in [1.165, 1.54) is 0 Å². The van der Waals surface area contributed by atoms with E-state index in [1.54, 1.807) is 0 Å². The first-order valence-electron chi connectivity index (χ1n) is 7.36. The van der Waals surface area contributed by atoms with Gasteiger partial charge in [-0.05, 0) is 39.4 Å². The maximum atomic E-state index is 11.9. The molecule has 0 spiro atoms. The summed E-state index contributed by atoms with van der Waals surface area (Å²) in [6.07, 6.45) is 2.40. The van der Waals surface area contributed by atoms with Crippen LogP contribution in [0.1, 0.15) is 40.0 Å². The van der Waals surface area contributed by atoms with E-state index < -0.39 is 0 Å². The first kappa shape index (κ1) is 16.0. The highest BCUT2D eigenvalue weighted by molar-refractivity contribution is 5.89. The van der Waals surface area contributed by atoms with Gasteiger partial charge in [-0.1, -0.05) is 13.8 Å². The lowest BCUT2D eigenvalue weighted by Crippen LogP contribution is -2.38. The molecule has 2 atom stereocenters. The lowest BCUT2D eigenvalue weighted by Gasteiger charge is -2.20. The van der Waals surface area contributed by atoms with Crippen molar-refractivity contribution < 1.29 is 9.59 Å². The van der Waals surface area contributed by atoms with Crippen LogP contribution in [-0.2, 0) is 9.59 Å². The molecule has 19 heavy (non-hydrogen) atoms. The molecular formula is C14H27N3O2. The molecular weight excluding hydrogens is 242 g/mol. The highest BCUT2D eigenvalue weighted by Gasteiger charge is 2.28. The van der Waals surface area contributed by atoms with Crippen molar-refractivity contribution in [2.75, 3.05) is 26.2 Å². The Morgan fingerprint density at radius 1 is 1.47 bits per heavy atom. The largest absolute Gasteiger partial charge is 0.355 e. The topological polar surface area (TPSA) is 61.4 Å². The van der Waals surface area contributed by atoms with Crippen LogP contribution in [-0.4, -0.2) is 48.9 Å². The molecule has 1 aliphatic rings. The average Bonchev–Trinajstić information content (AvgIpc) is 2.81. The van der Waals surface area contributed by atoms with Crippen molar-refractivity contribution >= 4 is 11.8 Å². The smallest absolute Gasteiger partial charge is 0.225 e. The van der Waals surface area contributed by atoms with E-state index in [1.807, 2.05) is 6.92 Å². The van der Waals surface area contributed by atoms with Crippen molar-refractivity contribution in [3.8, 4) is 0 Å². The number of hydrogen-bond donors (Lipinski definition) is 2. The van der Waals surface area contributed by atoms with Gasteiger partial charge in [-0.25, -0.2) is 0 Å². The zero-order valence-corrected chi connectivity index (χ0v) is 12.4. The summed E-state index contributed by atoms with van der Waals surface area (Å²) in [6.45, 7) is 10.1. The van der Waals surface area contributed by atoms with Gasteiger partial charge in [0.2, 0.25) is 11.8 Å². The Bertz CT molecular complexity index is 303. The second-order valence-corrected chi connectivity index (χ2v) is 5.28. The standard InChI is InChI=1S/C14H27N3O2/c1-4-17(5-2)8-6-7-11(3)16-14(19)12-9-13(18)15-10-12/h11-12H,4-10H2,1-3H3,(H,15,18)(H,16,19). The molecule has 1 aliphatic heterocycles. The minimum atomic E-state index is -0.183. The minimum absolute atomic E-state index is 0.00805. The number of carbonyl (C=O) groups is 2. The van der Waals surface area contributed by atoms with Gasteiger partial charge >= 0.3 is 0 Å². The molecule has 5 nitrogen and oxygen atoms in total. The van der Waals surface area contributed by atoms with Gasteiger partial charge in [-0.3, -0.25) is 9.59 Å². The van der Waals surface area contributed by atoms with E-state index in [9.17, 15) is 9.59 Å². The highest BCUT2D eigenvalue weighted by Crippen LogP contribution is 2.09. The first-order valence-corrected chi connectivity index (χ1v) is 7.36. The third-order valence-electron chi connectivity index (χ3n) is 3.74. The molecule has 0 aromatic rings. The van der Waals surface area contributed by atoms with Gasteiger partial charge in [0.05, 0.1) is 5.92 Å². The van der Waals surface area contributed by atoms with Gasteiger partial charge < -0.3 is 15.5 Å². The van der Waals surface area contributed by atoms with E-state index in [4.69, 9.17) is 0 Å². The van der Waals surface area contributed by atoms with Gasteiger partial charge in [0.25, 0.3) is 0 Å². The lowest BCUT2D eigenvalue weighted by molar-refractivity contribution is -0.127. The molecule has 5 heteroatoms. The number of amides is 2. The van der Waals surface area contributed by atoms with Crippen LogP contribution in [0.15, 0.2) is 0 Å². The molecule has 2 unspecified atom stereocenters. The number of carbonyl (C=O) groups excluding carboxylic acids is 2. The lowest BCUT2D eigenvalue weighted by atomic mass is 10.1. The summed E-state index contributed by atoms with van der Waals surface area (Å²) in [4.78, 5) is 25.3. The van der Waals surface area contributed by atoms with Crippen molar-refractivity contribution in [3.05, 3.63) is 0 Å². The van der Waals surface area contributed by atoms with E-state index >= 15 is 0 Å². The van der Waals surface area contributed by atoms with Crippen LogP contribution < -0.4 is 10.6 Å². The van der Waals surface area contributed by atoms with Crippen LogP contribution in [0, 0.1) is 5.92 Å². The Hall–Kier alpha value is -1.10. The molecule has 0 saturated carbocycles. The molecule has 1 heterocycles. The first-order chi connectivity index (χ1) is 9.06. The van der Waals surface area contributed by atoms with Crippen LogP contribution in [0.25, 0.3) is 0 Å². The summed E-state index contributed by atoms with van der Waals surface area (Å²) >= 11 is 0. The second-order valence-electron chi connectivity index (χ2n) is 5.28. The Kier molecular flexibility index (Phi) is 6.84. The van der Waals surface area contributed by atoms with E-state index in [2.05, 4.69) is 29.4 Å². The molecule has 2 amide bonds. The van der Waals surface area contributed by atoms with Crippen molar-refractivity contribution in [1.82, 2.24) is 15.5 Å². The summed E-state index contributed by atoms with van der Waals surface area (Å²) in [5.74, 6) is -0.194. The van der Waals surface area contributed by atoms with Crippen molar-refractivity contribution in [2.24, 2.45) is 5.92 Å². The predicted molar refractivity (Wildman–Crippen MR) is 75.7 cm³/mol. The van der Waals surface area contributed by atoms with E-state index in [0.717, 1.165) is 32.5 Å². The molecule has 1 saturated heterocycles. The minimum Gasteiger partial charge on any atom is -0.355 e. The van der Waals surface area contributed by atoms with Crippen LogP contribution in [0.3, 0.4) is 0 Å². The van der Waals surface area contributed by atoms with Crippen molar-refractivity contribution in [3.63, 3.8) is 0 Å². The van der Waals surface area contributed by atoms with Crippen molar-refractivity contribution in [2.45, 2.75) is 46.1 Å². The van der Waals surface area contributed by atoms with Crippen molar-refractivity contribution in [1.29, 1.82) is 0 Å². The highest BCUT2D eigenvalue weighted by atomic mass is 16.2. The molecule has 2 N–H and O–H groups in total. The van der Waals surface area contributed by atoms with Gasteiger partial charge in [0.1, 0.15) is 0 Å². The molecule has 0 aromatic carbocycles. The molecule has 1 fully saturated rings. The Morgan fingerprint density at radius 2 is 2.16 bits per heavy atom. The fourth-order valence-corrected chi connectivity index (χ4v) is 2.38. The summed E-state index contributed by atoms with van der Waals surface area (Å²) in [5.41, 5.74) is 0. The molecule has 0 radical (unpaired) electrons. The molecule has 0 aromatic heterocycles. The monoisotopic (exact) mass is 269 g/mol. The van der Waals surface area contributed by atoms with Crippen LogP contribution in [0.2, 0.25) is 0 Å². The predicted octanol–water partition coefficient (Wildman–Crippen LogP) is 0.749. The van der Waals surface area contributed by atoms with Gasteiger partial charge in [-0.15, -0.1) is 0 Å². The van der Waals surface area contributed by atoms with Gasteiger partial charge in [0.15, 0.2) is 0 Å². The number of nitrogens with zero attached hydrogens (tertiary/aromatic N) is 1. The molecule has 0 aliphatic carbocycles. The summed E-state index contributed by atoms with van der Waals surface area (Å²) in [6, 6.07) is 0.179. The maximum Gasteiger partial charge on any atom is 0.225 e. The number of rotatable bonds is 8. The Balaban J connectivity index is 2.18. The van der Waals surface area contributed by atoms with Gasteiger partial charge in [-0.2, -0.15) is 0 Å². The Morgan fingerprint density at radius 3 is 2.68 bits per heavy atom. The fraction of sp³-hybridized carbons (Fsp3) is 0.857. The molecule has 0 bridgehead atoms. The maximum absolute atomic E-state index is 11.9. The zero-order chi connectivity index (χ0) is 14.3. The van der Waals surface area contributed by atoms with Crippen LogP contribution >= 0.6 is 0 Å². The normalized spacial score (nSPS) is 20.4. The third-order valence-corrected chi connectivity index (χ3v) is 3.74. The summed E-state index contributed by atoms with van der Waals surface area (Å²) in [5, 5.41) is 5.69. The third kappa shape index (κ3) is 5.59.